The molecule has 1 aromatic rings. The molecule has 1 aliphatic heterocycles. The molecule has 2 atom stereocenters. The number of benzene rings is 1. The normalized spacial score (nSPS) is 21.2. The molecule has 1 N–H and O–H groups in total. The van der Waals surface area contributed by atoms with E-state index in [0.29, 0.717) is 23.6 Å². The summed E-state index contributed by atoms with van der Waals surface area (Å²) < 4.78 is 10.3. The summed E-state index contributed by atoms with van der Waals surface area (Å²) >= 11 is 0. The molecule has 0 radical (unpaired) electrons. The maximum atomic E-state index is 12.6. The first-order valence-corrected chi connectivity index (χ1v) is 6.72. The van der Waals surface area contributed by atoms with Gasteiger partial charge in [0.1, 0.15) is 11.5 Å². The molecule has 6 heteroatoms. The van der Waals surface area contributed by atoms with Gasteiger partial charge in [-0.2, -0.15) is 0 Å². The number of aliphatic carboxylic acids is 1. The van der Waals surface area contributed by atoms with E-state index in [1.54, 1.807) is 23.1 Å². The van der Waals surface area contributed by atoms with E-state index in [0.717, 1.165) is 0 Å². The summed E-state index contributed by atoms with van der Waals surface area (Å²) in [5, 5.41) is 9.14. The maximum Gasteiger partial charge on any atom is 0.308 e. The molecular formula is C15H19NO5. The predicted octanol–water partition coefficient (Wildman–Crippen LogP) is 1.50. The standard InChI is InChI=1S/C15H19NO5/c1-9-7-16(8-12(9)15(18)19)14(17)11-5-4-10(20-2)6-13(11)21-3/h4-6,9,12H,7-8H2,1-3H3,(H,18,19)/t9-,12-/m1/s1. The Hall–Kier alpha value is -2.24. The second-order valence-electron chi connectivity index (χ2n) is 5.20. The van der Waals surface area contributed by atoms with Gasteiger partial charge in [-0.3, -0.25) is 9.59 Å². The van der Waals surface area contributed by atoms with Gasteiger partial charge in [0.2, 0.25) is 0 Å². The van der Waals surface area contributed by atoms with Crippen LogP contribution in [0, 0.1) is 11.8 Å². The van der Waals surface area contributed by atoms with Crippen molar-refractivity contribution >= 4 is 11.9 Å². The van der Waals surface area contributed by atoms with Gasteiger partial charge in [0.15, 0.2) is 0 Å². The number of carboxylic acids is 1. The van der Waals surface area contributed by atoms with E-state index in [1.807, 2.05) is 6.92 Å². The van der Waals surface area contributed by atoms with Crippen LogP contribution in [0.1, 0.15) is 17.3 Å². The number of rotatable bonds is 4. The van der Waals surface area contributed by atoms with Gasteiger partial charge in [-0.15, -0.1) is 0 Å². The molecule has 0 aromatic heterocycles. The molecule has 0 saturated carbocycles. The number of carboxylic acid groups (broad SMARTS) is 1. The van der Waals surface area contributed by atoms with Crippen LogP contribution in [0.3, 0.4) is 0 Å². The van der Waals surface area contributed by atoms with Crippen LogP contribution in [0.25, 0.3) is 0 Å². The zero-order chi connectivity index (χ0) is 15.6. The second kappa shape index (κ2) is 6.03. The third-order valence-corrected chi connectivity index (χ3v) is 3.86. The van der Waals surface area contributed by atoms with E-state index < -0.39 is 11.9 Å². The molecule has 1 aromatic carbocycles. The van der Waals surface area contributed by atoms with E-state index in [9.17, 15) is 9.59 Å². The Morgan fingerprint density at radius 3 is 2.48 bits per heavy atom. The van der Waals surface area contributed by atoms with Crippen molar-refractivity contribution in [2.24, 2.45) is 11.8 Å². The number of hydrogen-bond donors (Lipinski definition) is 1. The minimum absolute atomic E-state index is 0.0595. The smallest absolute Gasteiger partial charge is 0.308 e. The Morgan fingerprint density at radius 1 is 1.24 bits per heavy atom. The van der Waals surface area contributed by atoms with E-state index in [4.69, 9.17) is 14.6 Å². The van der Waals surface area contributed by atoms with Crippen LogP contribution in [-0.4, -0.2) is 49.2 Å². The van der Waals surface area contributed by atoms with Crippen LogP contribution < -0.4 is 9.47 Å². The van der Waals surface area contributed by atoms with Gasteiger partial charge in [0, 0.05) is 19.2 Å². The van der Waals surface area contributed by atoms with Crippen LogP contribution in [-0.2, 0) is 4.79 Å². The zero-order valence-corrected chi connectivity index (χ0v) is 12.3. The van der Waals surface area contributed by atoms with Gasteiger partial charge in [0.25, 0.3) is 5.91 Å². The minimum atomic E-state index is -0.862. The molecule has 2 rings (SSSR count). The maximum absolute atomic E-state index is 12.6. The van der Waals surface area contributed by atoms with Crippen LogP contribution in [0.5, 0.6) is 11.5 Å². The summed E-state index contributed by atoms with van der Waals surface area (Å²) in [6.07, 6.45) is 0. The fourth-order valence-electron chi connectivity index (χ4n) is 2.60. The van der Waals surface area contributed by atoms with Crippen LogP contribution >= 0.6 is 0 Å². The van der Waals surface area contributed by atoms with Crippen molar-refractivity contribution in [2.45, 2.75) is 6.92 Å². The van der Waals surface area contributed by atoms with Crippen LogP contribution in [0.15, 0.2) is 18.2 Å². The number of amides is 1. The minimum Gasteiger partial charge on any atom is -0.497 e. The quantitative estimate of drug-likeness (QED) is 0.910. The monoisotopic (exact) mass is 293 g/mol. The van der Waals surface area contributed by atoms with Crippen LogP contribution in [0.2, 0.25) is 0 Å². The molecular weight excluding hydrogens is 274 g/mol. The third kappa shape index (κ3) is 2.94. The summed E-state index contributed by atoms with van der Waals surface area (Å²) in [5.41, 5.74) is 0.413. The van der Waals surface area contributed by atoms with Crippen molar-refractivity contribution < 1.29 is 24.2 Å². The molecule has 21 heavy (non-hydrogen) atoms. The number of likely N-dealkylation sites (tertiary alicyclic amines) is 1. The third-order valence-electron chi connectivity index (χ3n) is 3.86. The highest BCUT2D eigenvalue weighted by Gasteiger charge is 2.37. The zero-order valence-electron chi connectivity index (χ0n) is 12.3. The number of hydrogen-bond acceptors (Lipinski definition) is 4. The Kier molecular flexibility index (Phi) is 4.35. The Labute approximate surface area is 123 Å². The Bertz CT molecular complexity index is 557. The van der Waals surface area contributed by atoms with E-state index in [-0.39, 0.29) is 18.4 Å². The lowest BCUT2D eigenvalue weighted by Crippen LogP contribution is -2.30. The highest BCUT2D eigenvalue weighted by atomic mass is 16.5. The fraction of sp³-hybridized carbons (Fsp3) is 0.467. The van der Waals surface area contributed by atoms with Gasteiger partial charge in [-0.05, 0) is 18.1 Å². The molecule has 114 valence electrons. The first-order chi connectivity index (χ1) is 9.97. The topological polar surface area (TPSA) is 76.1 Å². The number of carbonyl (C=O) groups excluding carboxylic acids is 1. The Morgan fingerprint density at radius 2 is 1.95 bits per heavy atom. The number of ether oxygens (including phenoxy) is 2. The molecule has 1 amide bonds. The summed E-state index contributed by atoms with van der Waals surface area (Å²) in [6.45, 7) is 2.51. The highest BCUT2D eigenvalue weighted by Crippen LogP contribution is 2.29. The van der Waals surface area contributed by atoms with Gasteiger partial charge >= 0.3 is 5.97 Å². The van der Waals surface area contributed by atoms with Crippen molar-refractivity contribution in [1.82, 2.24) is 4.90 Å². The molecule has 1 heterocycles. The number of methoxy groups -OCH3 is 2. The summed E-state index contributed by atoms with van der Waals surface area (Å²) in [5.74, 6) is -0.633. The first-order valence-electron chi connectivity index (χ1n) is 6.72. The molecule has 0 bridgehead atoms. The SMILES string of the molecule is COc1ccc(C(=O)N2C[C@@H](C)[C@H](C(=O)O)C2)c(OC)c1. The van der Waals surface area contributed by atoms with Gasteiger partial charge in [-0.25, -0.2) is 0 Å². The van der Waals surface area contributed by atoms with Crippen molar-refractivity contribution in [2.75, 3.05) is 27.3 Å². The fourth-order valence-corrected chi connectivity index (χ4v) is 2.60. The lowest BCUT2D eigenvalue weighted by Gasteiger charge is -2.18. The largest absolute Gasteiger partial charge is 0.497 e. The first kappa shape index (κ1) is 15.2. The van der Waals surface area contributed by atoms with Crippen molar-refractivity contribution in [3.05, 3.63) is 23.8 Å². The van der Waals surface area contributed by atoms with Crippen LogP contribution in [0.4, 0.5) is 0 Å². The van der Waals surface area contributed by atoms with Gasteiger partial charge < -0.3 is 19.5 Å². The van der Waals surface area contributed by atoms with Crippen molar-refractivity contribution in [3.63, 3.8) is 0 Å². The molecule has 1 aliphatic rings. The second-order valence-corrected chi connectivity index (χ2v) is 5.20. The average Bonchev–Trinajstić information content (AvgIpc) is 2.88. The van der Waals surface area contributed by atoms with E-state index in [1.165, 1.54) is 14.2 Å². The number of carbonyl (C=O) groups is 2. The lowest BCUT2D eigenvalue weighted by molar-refractivity contribution is -0.142. The average molecular weight is 293 g/mol. The highest BCUT2D eigenvalue weighted by molar-refractivity contribution is 5.97. The molecule has 0 unspecified atom stereocenters. The molecule has 1 fully saturated rings. The molecule has 0 aliphatic carbocycles. The van der Waals surface area contributed by atoms with E-state index >= 15 is 0 Å². The van der Waals surface area contributed by atoms with Crippen molar-refractivity contribution in [1.29, 1.82) is 0 Å². The van der Waals surface area contributed by atoms with Gasteiger partial charge in [0.05, 0.1) is 25.7 Å². The summed E-state index contributed by atoms with van der Waals surface area (Å²) in [6, 6.07) is 4.96. The molecule has 1 saturated heterocycles. The molecule has 6 nitrogen and oxygen atoms in total. The number of nitrogens with zero attached hydrogens (tertiary/aromatic N) is 1. The Balaban J connectivity index is 2.23. The van der Waals surface area contributed by atoms with E-state index in [2.05, 4.69) is 0 Å². The lowest BCUT2D eigenvalue weighted by atomic mass is 9.99. The summed E-state index contributed by atoms with van der Waals surface area (Å²) in [4.78, 5) is 25.3. The molecule has 0 spiro atoms. The van der Waals surface area contributed by atoms with Crippen molar-refractivity contribution in [3.8, 4) is 11.5 Å². The predicted molar refractivity (Wildman–Crippen MR) is 75.7 cm³/mol. The summed E-state index contributed by atoms with van der Waals surface area (Å²) in [7, 11) is 3.02. The van der Waals surface area contributed by atoms with Gasteiger partial charge in [-0.1, -0.05) is 6.92 Å².